The zero-order valence-electron chi connectivity index (χ0n) is 7.43. The van der Waals surface area contributed by atoms with Crippen LogP contribution < -0.4 is 0 Å². The normalized spacial score (nSPS) is 12.0. The van der Waals surface area contributed by atoms with Gasteiger partial charge in [-0.2, -0.15) is 0 Å². The number of rotatable bonds is 4. The van der Waals surface area contributed by atoms with E-state index in [4.69, 9.17) is 0 Å². The third-order valence-corrected chi connectivity index (χ3v) is 1.48. The van der Waals surface area contributed by atoms with Crippen LogP contribution in [-0.2, 0) is 0 Å². The van der Waals surface area contributed by atoms with Gasteiger partial charge in [-0.05, 0) is 24.5 Å². The smallest absolute Gasteiger partial charge is 0.0234 e. The minimum absolute atomic E-state index is 0.990. The van der Waals surface area contributed by atoms with Crippen molar-refractivity contribution in [2.45, 2.75) is 20.3 Å². The van der Waals surface area contributed by atoms with Gasteiger partial charge in [-0.25, -0.2) is 0 Å². The molecule has 0 aromatic carbocycles. The molecule has 0 bridgehead atoms. The molecule has 0 aliphatic carbocycles. The molecule has 11 heavy (non-hydrogen) atoms. The third kappa shape index (κ3) is 3.61. The molecule has 0 N–H and O–H groups in total. The molecule has 60 valence electrons. The van der Waals surface area contributed by atoms with Crippen molar-refractivity contribution in [1.29, 1.82) is 0 Å². The van der Waals surface area contributed by atoms with Gasteiger partial charge in [0.15, 0.2) is 0 Å². The molecular weight excluding hydrogens is 132 g/mol. The molecule has 0 radical (unpaired) electrons. The minimum Gasteiger partial charge on any atom is -0.0990 e. The van der Waals surface area contributed by atoms with Gasteiger partial charge >= 0.3 is 0 Å². The van der Waals surface area contributed by atoms with Crippen molar-refractivity contribution in [3.8, 4) is 0 Å². The van der Waals surface area contributed by atoms with Gasteiger partial charge < -0.3 is 0 Å². The lowest BCUT2D eigenvalue weighted by atomic mass is 10.0. The van der Waals surface area contributed by atoms with Gasteiger partial charge in [0.05, 0.1) is 0 Å². The molecule has 0 aliphatic rings. The van der Waals surface area contributed by atoms with Crippen molar-refractivity contribution in [3.05, 3.63) is 48.6 Å². The Bertz CT molecular complexity index is 192. The summed E-state index contributed by atoms with van der Waals surface area (Å²) >= 11 is 0. The third-order valence-electron chi connectivity index (χ3n) is 1.48. The fraction of sp³-hybridized carbons (Fsp3) is 0.273. The van der Waals surface area contributed by atoms with E-state index in [1.807, 2.05) is 25.2 Å². The van der Waals surface area contributed by atoms with E-state index in [1.165, 1.54) is 5.57 Å². The Morgan fingerprint density at radius 1 is 1.45 bits per heavy atom. The lowest BCUT2D eigenvalue weighted by Crippen LogP contribution is -1.81. The van der Waals surface area contributed by atoms with Crippen molar-refractivity contribution >= 4 is 0 Å². The van der Waals surface area contributed by atoms with Crippen molar-refractivity contribution < 1.29 is 0 Å². The van der Waals surface area contributed by atoms with Crippen molar-refractivity contribution in [1.82, 2.24) is 0 Å². The SMILES string of the molecule is C=C/C=C(\C=C/C)C(=C)CC. The first-order chi connectivity index (χ1) is 5.26. The summed E-state index contributed by atoms with van der Waals surface area (Å²) in [7, 11) is 0. The lowest BCUT2D eigenvalue weighted by molar-refractivity contribution is 1.13. The predicted octanol–water partition coefficient (Wildman–Crippen LogP) is 3.64. The summed E-state index contributed by atoms with van der Waals surface area (Å²) < 4.78 is 0. The van der Waals surface area contributed by atoms with Crippen molar-refractivity contribution in [3.63, 3.8) is 0 Å². The Kier molecular flexibility index (Phi) is 5.18. The fourth-order valence-electron chi connectivity index (χ4n) is 0.802. The van der Waals surface area contributed by atoms with Crippen LogP contribution in [0.1, 0.15) is 20.3 Å². The summed E-state index contributed by atoms with van der Waals surface area (Å²) in [6, 6.07) is 0. The average molecular weight is 148 g/mol. The van der Waals surface area contributed by atoms with Crippen LogP contribution in [0.25, 0.3) is 0 Å². The van der Waals surface area contributed by atoms with Gasteiger partial charge in [-0.15, -0.1) is 0 Å². The van der Waals surface area contributed by atoms with Gasteiger partial charge in [0, 0.05) is 0 Å². The summed E-state index contributed by atoms with van der Waals surface area (Å²) in [6.45, 7) is 11.7. The summed E-state index contributed by atoms with van der Waals surface area (Å²) in [5, 5.41) is 0. The first-order valence-corrected chi connectivity index (χ1v) is 3.89. The highest BCUT2D eigenvalue weighted by Gasteiger charge is 1.92. The molecule has 0 saturated heterocycles. The van der Waals surface area contributed by atoms with E-state index < -0.39 is 0 Å². The Morgan fingerprint density at radius 2 is 2.09 bits per heavy atom. The molecule has 0 rings (SSSR count). The van der Waals surface area contributed by atoms with Crippen LogP contribution in [0.2, 0.25) is 0 Å². The summed E-state index contributed by atoms with van der Waals surface area (Å²) in [5.41, 5.74) is 2.33. The van der Waals surface area contributed by atoms with Gasteiger partial charge in [0.25, 0.3) is 0 Å². The second-order valence-corrected chi connectivity index (χ2v) is 2.31. The number of hydrogen-bond donors (Lipinski definition) is 0. The Labute approximate surface area is 69.6 Å². The zero-order valence-corrected chi connectivity index (χ0v) is 7.43. The van der Waals surface area contributed by atoms with Gasteiger partial charge in [0.2, 0.25) is 0 Å². The molecule has 0 nitrogen and oxygen atoms in total. The summed E-state index contributed by atoms with van der Waals surface area (Å²) in [4.78, 5) is 0. The first kappa shape index (κ1) is 9.96. The Morgan fingerprint density at radius 3 is 2.45 bits per heavy atom. The zero-order chi connectivity index (χ0) is 8.69. The topological polar surface area (TPSA) is 0 Å². The molecule has 0 amide bonds. The van der Waals surface area contributed by atoms with Crippen LogP contribution in [0.3, 0.4) is 0 Å². The van der Waals surface area contributed by atoms with E-state index in [9.17, 15) is 0 Å². The second-order valence-electron chi connectivity index (χ2n) is 2.31. The van der Waals surface area contributed by atoms with E-state index in [1.54, 1.807) is 6.08 Å². The van der Waals surface area contributed by atoms with E-state index in [-0.39, 0.29) is 0 Å². The molecule has 0 atom stereocenters. The maximum absolute atomic E-state index is 3.94. The van der Waals surface area contributed by atoms with E-state index in [0.717, 1.165) is 12.0 Å². The highest BCUT2D eigenvalue weighted by Crippen LogP contribution is 2.12. The van der Waals surface area contributed by atoms with Gasteiger partial charge in [0.1, 0.15) is 0 Å². The number of allylic oxidation sites excluding steroid dienone is 6. The molecule has 0 saturated carbocycles. The van der Waals surface area contributed by atoms with Crippen LogP contribution in [0.5, 0.6) is 0 Å². The number of hydrogen-bond acceptors (Lipinski definition) is 0. The van der Waals surface area contributed by atoms with Crippen LogP contribution >= 0.6 is 0 Å². The van der Waals surface area contributed by atoms with Crippen LogP contribution in [0, 0.1) is 0 Å². The molecule has 0 unspecified atom stereocenters. The largest absolute Gasteiger partial charge is 0.0990 e. The van der Waals surface area contributed by atoms with E-state index >= 15 is 0 Å². The lowest BCUT2D eigenvalue weighted by Gasteiger charge is -2.01. The molecular formula is C11H16. The maximum atomic E-state index is 3.94. The second kappa shape index (κ2) is 5.72. The van der Waals surface area contributed by atoms with E-state index in [2.05, 4.69) is 20.1 Å². The first-order valence-electron chi connectivity index (χ1n) is 3.89. The molecule has 0 heterocycles. The quantitative estimate of drug-likeness (QED) is 0.534. The Hall–Kier alpha value is -1.04. The van der Waals surface area contributed by atoms with Gasteiger partial charge in [-0.3, -0.25) is 0 Å². The van der Waals surface area contributed by atoms with Crippen molar-refractivity contribution in [2.24, 2.45) is 0 Å². The Balaban J connectivity index is 4.46. The maximum Gasteiger partial charge on any atom is -0.0234 e. The molecule has 0 fully saturated rings. The molecule has 0 spiro atoms. The standard InChI is InChI=1S/C11H16/c1-5-8-11(9-6-2)10(4)7-3/h5-6,8-9H,1,4,7H2,2-3H3/b9-6-,11-8+. The highest BCUT2D eigenvalue weighted by atomic mass is 14.0. The van der Waals surface area contributed by atoms with Gasteiger partial charge in [-0.1, -0.05) is 44.4 Å². The molecule has 0 aliphatic heterocycles. The predicted molar refractivity (Wildman–Crippen MR) is 52.5 cm³/mol. The monoisotopic (exact) mass is 148 g/mol. The highest BCUT2D eigenvalue weighted by molar-refractivity contribution is 5.39. The van der Waals surface area contributed by atoms with Crippen molar-refractivity contribution in [2.75, 3.05) is 0 Å². The molecule has 0 aromatic heterocycles. The van der Waals surface area contributed by atoms with Crippen LogP contribution in [0.4, 0.5) is 0 Å². The van der Waals surface area contributed by atoms with E-state index in [0.29, 0.717) is 0 Å². The average Bonchev–Trinajstić information content (AvgIpc) is 2.03. The fourth-order valence-corrected chi connectivity index (χ4v) is 0.802. The summed E-state index contributed by atoms with van der Waals surface area (Å²) in [6.07, 6.45) is 8.82. The van der Waals surface area contributed by atoms with Crippen LogP contribution in [-0.4, -0.2) is 0 Å². The molecule has 0 heteroatoms. The summed E-state index contributed by atoms with van der Waals surface area (Å²) in [5.74, 6) is 0. The molecule has 0 aromatic rings. The van der Waals surface area contributed by atoms with Crippen LogP contribution in [0.15, 0.2) is 48.6 Å². The minimum atomic E-state index is 0.990.